The minimum Gasteiger partial charge on any atom is -0.362 e. The summed E-state index contributed by atoms with van der Waals surface area (Å²) in [6.45, 7) is 0. The van der Waals surface area contributed by atoms with Crippen LogP contribution in [0, 0.1) is 21.4 Å². The van der Waals surface area contributed by atoms with E-state index in [4.69, 9.17) is 0 Å². The average molecular weight is 344 g/mol. The summed E-state index contributed by atoms with van der Waals surface area (Å²) in [5, 5.41) is 23.5. The Morgan fingerprint density at radius 2 is 1.77 bits per heavy atom. The van der Waals surface area contributed by atoms with Gasteiger partial charge in [-0.05, 0) is 17.5 Å². The van der Waals surface area contributed by atoms with Crippen LogP contribution in [-0.4, -0.2) is 9.91 Å². The average Bonchev–Trinajstić information content (AvgIpc) is 2.69. The van der Waals surface area contributed by atoms with Gasteiger partial charge in [0, 0.05) is 6.07 Å². The normalized spacial score (nSPS) is 11.3. The van der Waals surface area contributed by atoms with Gasteiger partial charge in [-0.25, -0.2) is 4.98 Å². The number of nitrogens with zero attached hydrogens (tertiary/aromatic N) is 3. The van der Waals surface area contributed by atoms with Crippen molar-refractivity contribution >= 4 is 11.5 Å². The highest BCUT2D eigenvalue weighted by molar-refractivity contribution is 5.56. The topological polar surface area (TPSA) is 91.8 Å². The fourth-order valence-corrected chi connectivity index (χ4v) is 2.71. The predicted octanol–water partition coefficient (Wildman–Crippen LogP) is 4.26. The van der Waals surface area contributed by atoms with Crippen molar-refractivity contribution in [2.75, 3.05) is 5.32 Å². The van der Waals surface area contributed by atoms with Crippen LogP contribution in [0.5, 0.6) is 0 Å². The van der Waals surface area contributed by atoms with E-state index in [-0.39, 0.29) is 17.3 Å². The lowest BCUT2D eigenvalue weighted by Gasteiger charge is -2.20. The SMILES string of the molecule is N#Cc1cc([N+](=O)[O-])cnc1NC(Cc1ccccc1)c1ccccc1. The molecule has 0 fully saturated rings. The maximum Gasteiger partial charge on any atom is 0.289 e. The predicted molar refractivity (Wildman–Crippen MR) is 98.6 cm³/mol. The Hall–Kier alpha value is -3.72. The molecule has 0 saturated heterocycles. The molecule has 0 aliphatic heterocycles. The van der Waals surface area contributed by atoms with Crippen LogP contribution in [0.1, 0.15) is 22.7 Å². The summed E-state index contributed by atoms with van der Waals surface area (Å²) in [5.41, 5.74) is 2.12. The highest BCUT2D eigenvalue weighted by atomic mass is 16.6. The molecule has 6 heteroatoms. The van der Waals surface area contributed by atoms with Crippen LogP contribution in [0.4, 0.5) is 11.5 Å². The summed E-state index contributed by atoms with van der Waals surface area (Å²) in [7, 11) is 0. The Morgan fingerprint density at radius 1 is 1.12 bits per heavy atom. The van der Waals surface area contributed by atoms with Crippen LogP contribution in [0.2, 0.25) is 0 Å². The number of nitro groups is 1. The van der Waals surface area contributed by atoms with Gasteiger partial charge >= 0.3 is 0 Å². The fraction of sp³-hybridized carbons (Fsp3) is 0.100. The molecule has 0 aliphatic carbocycles. The number of aromatic nitrogens is 1. The first-order chi connectivity index (χ1) is 12.7. The molecule has 128 valence electrons. The quantitative estimate of drug-likeness (QED) is 0.533. The van der Waals surface area contributed by atoms with Crippen LogP contribution < -0.4 is 5.32 Å². The molecule has 0 spiro atoms. The molecule has 0 bridgehead atoms. The highest BCUT2D eigenvalue weighted by Crippen LogP contribution is 2.26. The zero-order valence-corrected chi connectivity index (χ0v) is 13.9. The molecule has 1 atom stereocenters. The van der Waals surface area contributed by atoms with Crippen LogP contribution in [-0.2, 0) is 6.42 Å². The number of pyridine rings is 1. The molecular formula is C20H16N4O2. The smallest absolute Gasteiger partial charge is 0.289 e. The van der Waals surface area contributed by atoms with Gasteiger partial charge in [-0.2, -0.15) is 5.26 Å². The molecule has 0 aliphatic rings. The zero-order valence-electron chi connectivity index (χ0n) is 13.9. The minimum absolute atomic E-state index is 0.125. The second-order valence-electron chi connectivity index (χ2n) is 5.76. The second kappa shape index (κ2) is 7.90. The zero-order chi connectivity index (χ0) is 18.4. The van der Waals surface area contributed by atoms with Gasteiger partial charge in [-0.1, -0.05) is 60.7 Å². The van der Waals surface area contributed by atoms with Gasteiger partial charge in [0.2, 0.25) is 0 Å². The Kier molecular flexibility index (Phi) is 5.20. The first-order valence-electron chi connectivity index (χ1n) is 8.07. The maximum absolute atomic E-state index is 10.9. The molecule has 26 heavy (non-hydrogen) atoms. The largest absolute Gasteiger partial charge is 0.362 e. The van der Waals surface area contributed by atoms with Crippen LogP contribution in [0.3, 0.4) is 0 Å². The van der Waals surface area contributed by atoms with Crippen molar-refractivity contribution in [1.82, 2.24) is 4.98 Å². The molecule has 0 amide bonds. The Labute approximate surface area is 150 Å². The molecule has 1 heterocycles. The lowest BCUT2D eigenvalue weighted by Crippen LogP contribution is -2.15. The summed E-state index contributed by atoms with van der Waals surface area (Å²) < 4.78 is 0. The van der Waals surface area contributed by atoms with Gasteiger partial charge in [-0.15, -0.1) is 0 Å². The number of nitriles is 1. The maximum atomic E-state index is 10.9. The van der Waals surface area contributed by atoms with Crippen molar-refractivity contribution in [3.63, 3.8) is 0 Å². The molecular weight excluding hydrogens is 328 g/mol. The number of hydrogen-bond donors (Lipinski definition) is 1. The molecule has 1 N–H and O–H groups in total. The van der Waals surface area contributed by atoms with Crippen molar-refractivity contribution in [3.05, 3.63) is 99.7 Å². The summed E-state index contributed by atoms with van der Waals surface area (Å²) in [4.78, 5) is 14.4. The molecule has 0 radical (unpaired) electrons. The molecule has 6 nitrogen and oxygen atoms in total. The van der Waals surface area contributed by atoms with Gasteiger partial charge in [-0.3, -0.25) is 10.1 Å². The van der Waals surface area contributed by atoms with Crippen LogP contribution in [0.25, 0.3) is 0 Å². The van der Waals surface area contributed by atoms with E-state index in [1.54, 1.807) is 0 Å². The molecule has 2 aromatic carbocycles. The number of nitrogens with one attached hydrogen (secondary N) is 1. The molecule has 1 unspecified atom stereocenters. The molecule has 1 aromatic heterocycles. The third-order valence-electron chi connectivity index (χ3n) is 4.00. The van der Waals surface area contributed by atoms with E-state index in [1.807, 2.05) is 66.7 Å². The number of hydrogen-bond acceptors (Lipinski definition) is 5. The molecule has 0 saturated carbocycles. The van der Waals surface area contributed by atoms with Gasteiger partial charge in [0.1, 0.15) is 23.6 Å². The van der Waals surface area contributed by atoms with Gasteiger partial charge < -0.3 is 5.32 Å². The standard InChI is InChI=1S/C20H16N4O2/c21-13-17-12-18(24(25)26)14-22-20(17)23-19(16-9-5-2-6-10-16)11-15-7-3-1-4-8-15/h1-10,12,14,19H,11H2,(H,22,23). The third-order valence-corrected chi connectivity index (χ3v) is 4.00. The minimum atomic E-state index is -0.559. The monoisotopic (exact) mass is 344 g/mol. The first kappa shape index (κ1) is 17.1. The van der Waals surface area contributed by atoms with Crippen molar-refractivity contribution in [3.8, 4) is 6.07 Å². The highest BCUT2D eigenvalue weighted by Gasteiger charge is 2.17. The lowest BCUT2D eigenvalue weighted by atomic mass is 9.98. The number of anilines is 1. The fourth-order valence-electron chi connectivity index (χ4n) is 2.71. The van der Waals surface area contributed by atoms with Gasteiger partial charge in [0.15, 0.2) is 0 Å². The van der Waals surface area contributed by atoms with E-state index in [9.17, 15) is 15.4 Å². The Morgan fingerprint density at radius 3 is 2.38 bits per heavy atom. The Balaban J connectivity index is 1.93. The van der Waals surface area contributed by atoms with E-state index >= 15 is 0 Å². The van der Waals surface area contributed by atoms with Crippen molar-refractivity contribution in [2.45, 2.75) is 12.5 Å². The van der Waals surface area contributed by atoms with Crippen molar-refractivity contribution in [1.29, 1.82) is 5.26 Å². The molecule has 3 rings (SSSR count). The van der Waals surface area contributed by atoms with E-state index in [1.165, 1.54) is 6.07 Å². The summed E-state index contributed by atoms with van der Waals surface area (Å²) >= 11 is 0. The first-order valence-corrected chi connectivity index (χ1v) is 8.07. The summed E-state index contributed by atoms with van der Waals surface area (Å²) in [5.74, 6) is 0.336. The Bertz CT molecular complexity index is 937. The van der Waals surface area contributed by atoms with Crippen LogP contribution in [0.15, 0.2) is 72.9 Å². The van der Waals surface area contributed by atoms with E-state index in [0.29, 0.717) is 12.2 Å². The van der Waals surface area contributed by atoms with Crippen molar-refractivity contribution in [2.24, 2.45) is 0 Å². The third kappa shape index (κ3) is 4.02. The van der Waals surface area contributed by atoms with Crippen LogP contribution >= 0.6 is 0 Å². The van der Waals surface area contributed by atoms with E-state index < -0.39 is 4.92 Å². The van der Waals surface area contributed by atoms with Gasteiger partial charge in [0.25, 0.3) is 5.69 Å². The summed E-state index contributed by atoms with van der Waals surface area (Å²) in [6.07, 6.45) is 1.85. The lowest BCUT2D eigenvalue weighted by molar-refractivity contribution is -0.385. The molecule has 3 aromatic rings. The summed E-state index contributed by atoms with van der Waals surface area (Å²) in [6, 6.07) is 22.9. The number of rotatable bonds is 6. The van der Waals surface area contributed by atoms with E-state index in [0.717, 1.165) is 17.3 Å². The van der Waals surface area contributed by atoms with Gasteiger partial charge in [0.05, 0.1) is 11.0 Å². The van der Waals surface area contributed by atoms with E-state index in [2.05, 4.69) is 10.3 Å². The van der Waals surface area contributed by atoms with Crippen molar-refractivity contribution < 1.29 is 4.92 Å². The second-order valence-corrected chi connectivity index (χ2v) is 5.76. The number of benzene rings is 2.